The predicted octanol–water partition coefficient (Wildman–Crippen LogP) is 2.47. The molecule has 2 atom stereocenters. The lowest BCUT2D eigenvalue weighted by Gasteiger charge is -2.31. The maximum absolute atomic E-state index is 13.0. The van der Waals surface area contributed by atoms with Crippen LogP contribution in [0.4, 0.5) is 10.6 Å². The summed E-state index contributed by atoms with van der Waals surface area (Å²) in [7, 11) is 0. The fraction of sp³-hybridized carbons (Fsp3) is 0.680. The molecular formula is C25H38N4O6. The Kier molecular flexibility index (Phi) is 7.48. The highest BCUT2D eigenvalue weighted by atomic mass is 16.6. The Hall–Kier alpha value is -2.72. The van der Waals surface area contributed by atoms with E-state index < -0.39 is 34.7 Å². The van der Waals surface area contributed by atoms with Crippen molar-refractivity contribution in [2.75, 3.05) is 11.4 Å². The Balaban J connectivity index is 1.89. The van der Waals surface area contributed by atoms with E-state index >= 15 is 0 Å². The number of fused-ring (bicyclic) bond motifs is 1. The van der Waals surface area contributed by atoms with Crippen LogP contribution in [0, 0.1) is 0 Å². The summed E-state index contributed by atoms with van der Waals surface area (Å²) in [5.41, 5.74) is -2.58. The van der Waals surface area contributed by atoms with Gasteiger partial charge in [-0.15, -0.1) is 0 Å². The highest BCUT2D eigenvalue weighted by Gasteiger charge is 2.50. The second-order valence-corrected chi connectivity index (χ2v) is 11.3. The third-order valence-electron chi connectivity index (χ3n) is 6.55. The molecule has 1 aromatic heterocycles. The molecule has 0 radical (unpaired) electrons. The molecule has 1 aromatic rings. The number of carboxylic acid groups (broad SMARTS) is 1. The molecule has 35 heavy (non-hydrogen) atoms. The highest BCUT2D eigenvalue weighted by molar-refractivity contribution is 5.97. The fourth-order valence-corrected chi connectivity index (χ4v) is 4.79. The Morgan fingerprint density at radius 1 is 1.23 bits per heavy atom. The van der Waals surface area contributed by atoms with E-state index in [1.165, 1.54) is 11.1 Å². The van der Waals surface area contributed by atoms with Crippen LogP contribution in [0.1, 0.15) is 78.4 Å². The lowest BCUT2D eigenvalue weighted by atomic mass is 9.82. The van der Waals surface area contributed by atoms with Crippen molar-refractivity contribution in [3.05, 3.63) is 23.4 Å². The van der Waals surface area contributed by atoms with Crippen molar-refractivity contribution in [2.45, 2.75) is 102 Å². The summed E-state index contributed by atoms with van der Waals surface area (Å²) in [6, 6.07) is 0.838. The van der Waals surface area contributed by atoms with Gasteiger partial charge in [-0.25, -0.2) is 9.78 Å². The number of rotatable bonds is 7. The van der Waals surface area contributed by atoms with Crippen molar-refractivity contribution in [3.8, 4) is 0 Å². The quantitative estimate of drug-likeness (QED) is 0.457. The zero-order valence-corrected chi connectivity index (χ0v) is 21.5. The second kappa shape index (κ2) is 9.73. The second-order valence-electron chi connectivity index (χ2n) is 11.3. The smallest absolute Gasteiger partial charge is 0.416 e. The Morgan fingerprint density at radius 2 is 1.86 bits per heavy atom. The Labute approximate surface area is 206 Å². The van der Waals surface area contributed by atoms with Gasteiger partial charge in [-0.2, -0.15) is 0 Å². The molecule has 2 heterocycles. The van der Waals surface area contributed by atoms with Crippen LogP contribution in [0.2, 0.25) is 0 Å². The molecule has 194 valence electrons. The molecule has 0 bridgehead atoms. The van der Waals surface area contributed by atoms with Crippen molar-refractivity contribution in [2.24, 2.45) is 0 Å². The molecule has 2 amide bonds. The summed E-state index contributed by atoms with van der Waals surface area (Å²) >= 11 is 0. The van der Waals surface area contributed by atoms with Crippen LogP contribution in [0.15, 0.2) is 12.3 Å². The zero-order valence-electron chi connectivity index (χ0n) is 21.5. The molecule has 10 heteroatoms. The molecule has 2 unspecified atom stereocenters. The van der Waals surface area contributed by atoms with Crippen LogP contribution in [-0.2, 0) is 26.3 Å². The summed E-state index contributed by atoms with van der Waals surface area (Å²) in [4.78, 5) is 43.8. The first-order chi connectivity index (χ1) is 16.1. The lowest BCUT2D eigenvalue weighted by molar-refractivity contribution is -0.142. The molecule has 3 rings (SSSR count). The van der Waals surface area contributed by atoms with E-state index in [0.717, 1.165) is 25.7 Å². The van der Waals surface area contributed by atoms with E-state index in [2.05, 4.69) is 15.6 Å². The molecule has 10 nitrogen and oxygen atoms in total. The lowest BCUT2D eigenvalue weighted by Crippen LogP contribution is -2.57. The van der Waals surface area contributed by atoms with Crippen molar-refractivity contribution in [1.29, 1.82) is 0 Å². The third-order valence-corrected chi connectivity index (χ3v) is 6.55. The van der Waals surface area contributed by atoms with Gasteiger partial charge in [0.05, 0.1) is 12.1 Å². The third kappa shape index (κ3) is 5.92. The molecule has 1 aliphatic heterocycles. The zero-order chi connectivity index (χ0) is 26.2. The average Bonchev–Trinajstić information content (AvgIpc) is 3.33. The number of pyridine rings is 1. The number of carbonyl (C=O) groups excluding carboxylic acids is 2. The number of nitrogens with one attached hydrogen (secondary N) is 2. The number of carbonyl (C=O) groups is 3. The van der Waals surface area contributed by atoms with E-state index in [0.29, 0.717) is 11.1 Å². The number of aromatic nitrogens is 1. The standard InChI is InChI=1S/C25H38N4O6/c1-23(2,3)35-22(33)29-14-25(6,21(31)32)17-15(11-12-26-19(17)29)13-27-18(24(4,5)34)20(30)28-16-9-7-8-10-16/h11-12,16,18,27,34H,7-10,13-14H2,1-6H3,(H,28,30)(H,31,32). The molecule has 4 N–H and O–H groups in total. The normalized spacial score (nSPS) is 21.5. The van der Waals surface area contributed by atoms with E-state index in [4.69, 9.17) is 4.74 Å². The number of hydrogen-bond donors (Lipinski definition) is 4. The topological polar surface area (TPSA) is 141 Å². The Morgan fingerprint density at radius 3 is 2.40 bits per heavy atom. The van der Waals surface area contributed by atoms with Gasteiger partial charge in [0.1, 0.15) is 22.9 Å². The highest BCUT2D eigenvalue weighted by Crippen LogP contribution is 2.42. The number of nitrogens with zero attached hydrogens (tertiary/aromatic N) is 2. The van der Waals surface area contributed by atoms with Crippen LogP contribution >= 0.6 is 0 Å². The number of hydrogen-bond acceptors (Lipinski definition) is 7. The fourth-order valence-electron chi connectivity index (χ4n) is 4.79. The largest absolute Gasteiger partial charge is 0.481 e. The minimum Gasteiger partial charge on any atom is -0.481 e. The SMILES string of the molecule is CC(C)(C)OC(=O)N1CC(C)(C(=O)O)c2c(CNC(C(=O)NC3CCCC3)C(C)(C)O)ccnc21. The van der Waals surface area contributed by atoms with E-state index in [9.17, 15) is 24.6 Å². The van der Waals surface area contributed by atoms with E-state index in [-0.39, 0.29) is 30.9 Å². The average molecular weight is 491 g/mol. The molecule has 0 aromatic carbocycles. The van der Waals surface area contributed by atoms with Crippen LogP contribution in [0.3, 0.4) is 0 Å². The molecule has 1 fully saturated rings. The first-order valence-electron chi connectivity index (χ1n) is 12.1. The van der Waals surface area contributed by atoms with Gasteiger partial charge >= 0.3 is 12.1 Å². The van der Waals surface area contributed by atoms with Gasteiger partial charge in [-0.3, -0.25) is 19.8 Å². The summed E-state index contributed by atoms with van der Waals surface area (Å²) < 4.78 is 5.48. The number of ether oxygens (including phenoxy) is 1. The van der Waals surface area contributed by atoms with Gasteiger partial charge < -0.3 is 20.3 Å². The molecule has 2 aliphatic rings. The minimum atomic E-state index is -1.42. The molecule has 0 spiro atoms. The molecular weight excluding hydrogens is 452 g/mol. The maximum Gasteiger partial charge on any atom is 0.416 e. The minimum absolute atomic E-state index is 0.0945. The molecule has 1 saturated carbocycles. The van der Waals surface area contributed by atoms with E-state index in [1.807, 2.05) is 0 Å². The number of amides is 2. The first-order valence-corrected chi connectivity index (χ1v) is 12.1. The van der Waals surface area contributed by atoms with Crippen LogP contribution in [0.5, 0.6) is 0 Å². The summed E-state index contributed by atoms with van der Waals surface area (Å²) in [6.45, 7) is 9.83. The first kappa shape index (κ1) is 26.9. The van der Waals surface area contributed by atoms with Crippen molar-refractivity contribution >= 4 is 23.8 Å². The molecule has 0 saturated heterocycles. The summed E-state index contributed by atoms with van der Waals surface area (Å²) in [6.07, 6.45) is 4.79. The van der Waals surface area contributed by atoms with Gasteiger partial charge in [0, 0.05) is 24.3 Å². The van der Waals surface area contributed by atoms with Crippen molar-refractivity contribution in [1.82, 2.24) is 15.6 Å². The molecule has 1 aliphatic carbocycles. The van der Waals surface area contributed by atoms with Gasteiger partial charge in [0.25, 0.3) is 0 Å². The van der Waals surface area contributed by atoms with Crippen molar-refractivity contribution < 1.29 is 29.3 Å². The Bertz CT molecular complexity index is 977. The van der Waals surface area contributed by atoms with Crippen LogP contribution in [0.25, 0.3) is 0 Å². The van der Waals surface area contributed by atoms with Gasteiger partial charge in [-0.1, -0.05) is 12.8 Å². The van der Waals surface area contributed by atoms with Crippen molar-refractivity contribution in [3.63, 3.8) is 0 Å². The van der Waals surface area contributed by atoms with Crippen LogP contribution < -0.4 is 15.5 Å². The van der Waals surface area contributed by atoms with Crippen LogP contribution in [-0.4, -0.2) is 63.0 Å². The summed E-state index contributed by atoms with van der Waals surface area (Å²) in [5.74, 6) is -1.18. The maximum atomic E-state index is 13.0. The van der Waals surface area contributed by atoms with Gasteiger partial charge in [0.15, 0.2) is 0 Å². The predicted molar refractivity (Wildman–Crippen MR) is 130 cm³/mol. The number of aliphatic carboxylic acids is 1. The van der Waals surface area contributed by atoms with Gasteiger partial charge in [0.2, 0.25) is 5.91 Å². The number of anilines is 1. The van der Waals surface area contributed by atoms with Gasteiger partial charge in [-0.05, 0) is 66.0 Å². The van der Waals surface area contributed by atoms with E-state index in [1.54, 1.807) is 47.6 Å². The monoisotopic (exact) mass is 490 g/mol. The number of carboxylic acids is 1. The number of aliphatic hydroxyl groups is 1. The summed E-state index contributed by atoms with van der Waals surface area (Å²) in [5, 5.41) is 26.9.